The van der Waals surface area contributed by atoms with Crippen molar-refractivity contribution >= 4 is 5.91 Å². The average Bonchev–Trinajstić information content (AvgIpc) is 2.65. The summed E-state index contributed by atoms with van der Waals surface area (Å²) in [7, 11) is 0. The van der Waals surface area contributed by atoms with Crippen molar-refractivity contribution < 1.29 is 13.6 Å². The van der Waals surface area contributed by atoms with E-state index in [0.717, 1.165) is 18.1 Å². The van der Waals surface area contributed by atoms with Gasteiger partial charge >= 0.3 is 0 Å². The Morgan fingerprint density at radius 3 is 2.36 bits per heavy atom. The SMILES string of the molecule is O=C(CCc1ccccc1)N1CCN(Cc2cccc(F)c2F)CC1. The van der Waals surface area contributed by atoms with Gasteiger partial charge < -0.3 is 4.90 Å². The van der Waals surface area contributed by atoms with Crippen LogP contribution in [0.3, 0.4) is 0 Å². The van der Waals surface area contributed by atoms with Crippen LogP contribution in [0.2, 0.25) is 0 Å². The molecular formula is C20H22F2N2O. The molecule has 0 bridgehead atoms. The largest absolute Gasteiger partial charge is 0.340 e. The van der Waals surface area contributed by atoms with Gasteiger partial charge in [0.25, 0.3) is 0 Å². The van der Waals surface area contributed by atoms with Gasteiger partial charge in [-0.15, -0.1) is 0 Å². The lowest BCUT2D eigenvalue weighted by atomic mass is 10.1. The Morgan fingerprint density at radius 1 is 0.920 bits per heavy atom. The van der Waals surface area contributed by atoms with Crippen molar-refractivity contribution in [2.45, 2.75) is 19.4 Å². The number of carbonyl (C=O) groups excluding carboxylic acids is 1. The lowest BCUT2D eigenvalue weighted by Gasteiger charge is -2.35. The Morgan fingerprint density at radius 2 is 1.64 bits per heavy atom. The number of amides is 1. The molecule has 0 spiro atoms. The van der Waals surface area contributed by atoms with E-state index in [9.17, 15) is 13.6 Å². The van der Waals surface area contributed by atoms with Crippen molar-refractivity contribution in [2.75, 3.05) is 26.2 Å². The predicted octanol–water partition coefficient (Wildman–Crippen LogP) is 3.24. The maximum Gasteiger partial charge on any atom is 0.222 e. The smallest absolute Gasteiger partial charge is 0.222 e. The summed E-state index contributed by atoms with van der Waals surface area (Å²) in [6, 6.07) is 14.2. The Balaban J connectivity index is 1.46. The van der Waals surface area contributed by atoms with Gasteiger partial charge in [-0.2, -0.15) is 0 Å². The second kappa shape index (κ2) is 8.21. The van der Waals surface area contributed by atoms with Crippen LogP contribution in [0.5, 0.6) is 0 Å². The highest BCUT2D eigenvalue weighted by atomic mass is 19.2. The van der Waals surface area contributed by atoms with Crippen molar-refractivity contribution in [3.63, 3.8) is 0 Å². The normalized spacial score (nSPS) is 15.4. The van der Waals surface area contributed by atoms with Crippen LogP contribution < -0.4 is 0 Å². The second-order valence-corrected chi connectivity index (χ2v) is 6.36. The van der Waals surface area contributed by atoms with E-state index in [1.807, 2.05) is 35.2 Å². The van der Waals surface area contributed by atoms with Crippen LogP contribution in [0.25, 0.3) is 0 Å². The summed E-state index contributed by atoms with van der Waals surface area (Å²) in [5.41, 5.74) is 1.53. The fraction of sp³-hybridized carbons (Fsp3) is 0.350. The van der Waals surface area contributed by atoms with Crippen LogP contribution in [-0.4, -0.2) is 41.9 Å². The van der Waals surface area contributed by atoms with Gasteiger partial charge in [0.05, 0.1) is 0 Å². The molecule has 0 atom stereocenters. The first kappa shape index (κ1) is 17.5. The number of aryl methyl sites for hydroxylation is 1. The molecule has 3 rings (SSSR count). The first-order valence-corrected chi connectivity index (χ1v) is 8.60. The maximum atomic E-state index is 13.8. The van der Waals surface area contributed by atoms with Crippen molar-refractivity contribution in [3.8, 4) is 0 Å². The molecular weight excluding hydrogens is 322 g/mol. The minimum absolute atomic E-state index is 0.153. The van der Waals surface area contributed by atoms with Gasteiger partial charge in [-0.25, -0.2) is 8.78 Å². The van der Waals surface area contributed by atoms with E-state index in [2.05, 4.69) is 4.90 Å². The summed E-state index contributed by atoms with van der Waals surface area (Å²) >= 11 is 0. The summed E-state index contributed by atoms with van der Waals surface area (Å²) in [5.74, 6) is -1.43. The molecule has 5 heteroatoms. The van der Waals surface area contributed by atoms with E-state index in [-0.39, 0.29) is 5.91 Å². The zero-order chi connectivity index (χ0) is 17.6. The lowest BCUT2D eigenvalue weighted by molar-refractivity contribution is -0.133. The summed E-state index contributed by atoms with van der Waals surface area (Å²) in [6.07, 6.45) is 1.25. The molecule has 1 heterocycles. The molecule has 1 aliphatic heterocycles. The number of hydrogen-bond acceptors (Lipinski definition) is 2. The van der Waals surface area contributed by atoms with E-state index >= 15 is 0 Å². The Hall–Kier alpha value is -2.27. The van der Waals surface area contributed by atoms with E-state index in [1.165, 1.54) is 6.07 Å². The first-order valence-electron chi connectivity index (χ1n) is 8.60. The number of carbonyl (C=O) groups is 1. The molecule has 1 fully saturated rings. The van der Waals surface area contributed by atoms with Crippen molar-refractivity contribution in [1.29, 1.82) is 0 Å². The van der Waals surface area contributed by atoms with E-state index in [4.69, 9.17) is 0 Å². The van der Waals surface area contributed by atoms with Gasteiger partial charge in [-0.1, -0.05) is 42.5 Å². The number of nitrogens with zero attached hydrogens (tertiary/aromatic N) is 2. The Labute approximate surface area is 146 Å². The molecule has 1 saturated heterocycles. The van der Waals surface area contributed by atoms with Crippen LogP contribution in [0.1, 0.15) is 17.5 Å². The number of halogens is 2. The fourth-order valence-electron chi connectivity index (χ4n) is 3.12. The third-order valence-electron chi connectivity index (χ3n) is 4.62. The molecule has 0 aliphatic carbocycles. The predicted molar refractivity (Wildman–Crippen MR) is 93.0 cm³/mol. The van der Waals surface area contributed by atoms with Gasteiger partial charge in [0.15, 0.2) is 11.6 Å². The topological polar surface area (TPSA) is 23.6 Å². The minimum Gasteiger partial charge on any atom is -0.340 e. The van der Waals surface area contributed by atoms with Crippen LogP contribution in [0.15, 0.2) is 48.5 Å². The monoisotopic (exact) mass is 344 g/mol. The van der Waals surface area contributed by atoms with Crippen molar-refractivity contribution in [2.24, 2.45) is 0 Å². The number of rotatable bonds is 5. The van der Waals surface area contributed by atoms with E-state index < -0.39 is 11.6 Å². The highest BCUT2D eigenvalue weighted by Gasteiger charge is 2.22. The molecule has 0 N–H and O–H groups in total. The molecule has 1 aliphatic rings. The second-order valence-electron chi connectivity index (χ2n) is 6.36. The first-order chi connectivity index (χ1) is 12.1. The summed E-state index contributed by atoms with van der Waals surface area (Å²) in [5, 5.41) is 0. The number of hydrogen-bond donors (Lipinski definition) is 0. The van der Waals surface area contributed by atoms with Crippen molar-refractivity contribution in [1.82, 2.24) is 9.80 Å². The minimum atomic E-state index is -0.813. The highest BCUT2D eigenvalue weighted by Crippen LogP contribution is 2.15. The molecule has 0 aromatic heterocycles. The quantitative estimate of drug-likeness (QED) is 0.831. The van der Waals surface area contributed by atoms with Crippen LogP contribution >= 0.6 is 0 Å². The van der Waals surface area contributed by atoms with Crippen molar-refractivity contribution in [3.05, 3.63) is 71.3 Å². The van der Waals surface area contributed by atoms with Crippen LogP contribution in [-0.2, 0) is 17.8 Å². The Kier molecular flexibility index (Phi) is 5.76. The molecule has 0 unspecified atom stereocenters. The van der Waals surface area contributed by atoms with Crippen LogP contribution in [0.4, 0.5) is 8.78 Å². The highest BCUT2D eigenvalue weighted by molar-refractivity contribution is 5.76. The molecule has 0 radical (unpaired) electrons. The van der Waals surface area contributed by atoms with Gasteiger partial charge in [0.2, 0.25) is 5.91 Å². The van der Waals surface area contributed by atoms with E-state index in [1.54, 1.807) is 6.07 Å². The summed E-state index contributed by atoms with van der Waals surface area (Å²) < 4.78 is 27.0. The summed E-state index contributed by atoms with van der Waals surface area (Å²) in [4.78, 5) is 16.2. The number of benzene rings is 2. The molecule has 0 saturated carbocycles. The average molecular weight is 344 g/mol. The molecule has 2 aromatic carbocycles. The third-order valence-corrected chi connectivity index (χ3v) is 4.62. The Bertz CT molecular complexity index is 713. The molecule has 2 aromatic rings. The number of piperazine rings is 1. The van der Waals surface area contributed by atoms with Gasteiger partial charge in [0.1, 0.15) is 0 Å². The molecule has 132 valence electrons. The zero-order valence-corrected chi connectivity index (χ0v) is 14.1. The molecule has 25 heavy (non-hydrogen) atoms. The van der Waals surface area contributed by atoms with Gasteiger partial charge in [-0.3, -0.25) is 9.69 Å². The van der Waals surface area contributed by atoms with Crippen LogP contribution in [0, 0.1) is 11.6 Å². The molecule has 3 nitrogen and oxygen atoms in total. The fourth-order valence-corrected chi connectivity index (χ4v) is 3.12. The maximum absolute atomic E-state index is 13.8. The summed E-state index contributed by atoms with van der Waals surface area (Å²) in [6.45, 7) is 2.98. The molecule has 1 amide bonds. The van der Waals surface area contributed by atoms with Gasteiger partial charge in [-0.05, 0) is 18.1 Å². The lowest BCUT2D eigenvalue weighted by Crippen LogP contribution is -2.48. The third kappa shape index (κ3) is 4.63. The zero-order valence-electron chi connectivity index (χ0n) is 14.1. The standard InChI is InChI=1S/C20H22F2N2O/c21-18-8-4-7-17(20(18)22)15-23-11-13-24(14-12-23)19(25)10-9-16-5-2-1-3-6-16/h1-8H,9-15H2. The van der Waals surface area contributed by atoms with Gasteiger partial charge in [0, 0.05) is 44.7 Å². The van der Waals surface area contributed by atoms with E-state index in [0.29, 0.717) is 44.7 Å².